The lowest BCUT2D eigenvalue weighted by atomic mass is 10.1. The number of hydrogen-bond donors (Lipinski definition) is 3. The van der Waals surface area contributed by atoms with E-state index in [1.54, 1.807) is 29.2 Å². The molecule has 21 heavy (non-hydrogen) atoms. The molecule has 114 valence electrons. The van der Waals surface area contributed by atoms with Crippen LogP contribution >= 0.6 is 0 Å². The molecule has 1 saturated heterocycles. The van der Waals surface area contributed by atoms with Crippen LogP contribution in [-0.2, 0) is 16.0 Å². The Morgan fingerprint density at radius 3 is 2.76 bits per heavy atom. The van der Waals surface area contributed by atoms with Crippen LogP contribution in [0.25, 0.3) is 0 Å². The fourth-order valence-corrected chi connectivity index (χ4v) is 2.19. The molecule has 0 bridgehead atoms. The van der Waals surface area contributed by atoms with Gasteiger partial charge in [-0.05, 0) is 5.56 Å². The molecule has 0 aromatic heterocycles. The minimum atomic E-state index is -0.300. The third-order valence-electron chi connectivity index (χ3n) is 3.41. The van der Waals surface area contributed by atoms with Gasteiger partial charge in [-0.3, -0.25) is 4.79 Å². The van der Waals surface area contributed by atoms with Crippen molar-refractivity contribution in [2.75, 3.05) is 26.3 Å². The summed E-state index contributed by atoms with van der Waals surface area (Å²) in [5, 5.41) is 20.6. The SMILES string of the molecule is N/C(=N/O)c1ccc(CC(=O)N2CCOC(CO)C2)cc1. The Hall–Kier alpha value is -2.12. The summed E-state index contributed by atoms with van der Waals surface area (Å²) in [7, 11) is 0. The van der Waals surface area contributed by atoms with Crippen LogP contribution in [0, 0.1) is 0 Å². The number of rotatable bonds is 4. The summed E-state index contributed by atoms with van der Waals surface area (Å²) in [4.78, 5) is 13.9. The van der Waals surface area contributed by atoms with Crippen LogP contribution < -0.4 is 5.73 Å². The maximum atomic E-state index is 12.2. The van der Waals surface area contributed by atoms with E-state index in [1.807, 2.05) is 0 Å². The number of amides is 1. The molecule has 1 atom stereocenters. The first kappa shape index (κ1) is 15.3. The lowest BCUT2D eigenvalue weighted by molar-refractivity contribution is -0.139. The highest BCUT2D eigenvalue weighted by Gasteiger charge is 2.23. The van der Waals surface area contributed by atoms with Gasteiger partial charge in [-0.15, -0.1) is 0 Å². The van der Waals surface area contributed by atoms with Crippen LogP contribution in [0.4, 0.5) is 0 Å². The number of morpholine rings is 1. The van der Waals surface area contributed by atoms with Crippen molar-refractivity contribution in [3.05, 3.63) is 35.4 Å². The average molecular weight is 293 g/mol. The Bertz CT molecular complexity index is 515. The van der Waals surface area contributed by atoms with Crippen molar-refractivity contribution in [1.82, 2.24) is 4.90 Å². The van der Waals surface area contributed by atoms with Gasteiger partial charge in [-0.2, -0.15) is 0 Å². The fourth-order valence-electron chi connectivity index (χ4n) is 2.19. The van der Waals surface area contributed by atoms with Crippen molar-refractivity contribution in [3.63, 3.8) is 0 Å². The summed E-state index contributed by atoms with van der Waals surface area (Å²) in [5.41, 5.74) is 6.93. The average Bonchev–Trinajstić information content (AvgIpc) is 2.54. The van der Waals surface area contributed by atoms with E-state index in [-0.39, 0.29) is 30.9 Å². The number of amidine groups is 1. The zero-order valence-electron chi connectivity index (χ0n) is 11.6. The molecule has 0 aliphatic carbocycles. The zero-order chi connectivity index (χ0) is 15.2. The maximum absolute atomic E-state index is 12.2. The van der Waals surface area contributed by atoms with Gasteiger partial charge < -0.3 is 25.7 Å². The number of ether oxygens (including phenoxy) is 1. The molecule has 1 heterocycles. The van der Waals surface area contributed by atoms with Crippen LogP contribution in [0.1, 0.15) is 11.1 Å². The van der Waals surface area contributed by atoms with Gasteiger partial charge in [-0.1, -0.05) is 29.4 Å². The van der Waals surface area contributed by atoms with E-state index < -0.39 is 0 Å². The van der Waals surface area contributed by atoms with Gasteiger partial charge >= 0.3 is 0 Å². The molecule has 1 unspecified atom stereocenters. The first-order chi connectivity index (χ1) is 10.1. The number of nitrogens with zero attached hydrogens (tertiary/aromatic N) is 2. The van der Waals surface area contributed by atoms with Crippen molar-refractivity contribution in [3.8, 4) is 0 Å². The van der Waals surface area contributed by atoms with Gasteiger partial charge in [0, 0.05) is 18.7 Å². The molecule has 7 heteroatoms. The molecule has 0 radical (unpaired) electrons. The Morgan fingerprint density at radius 2 is 2.14 bits per heavy atom. The quantitative estimate of drug-likeness (QED) is 0.301. The normalized spacial score (nSPS) is 19.6. The molecule has 4 N–H and O–H groups in total. The number of aliphatic hydroxyl groups excluding tert-OH is 1. The lowest BCUT2D eigenvalue weighted by Gasteiger charge is -2.32. The summed E-state index contributed by atoms with van der Waals surface area (Å²) < 4.78 is 5.32. The molecule has 1 fully saturated rings. The third-order valence-corrected chi connectivity index (χ3v) is 3.41. The van der Waals surface area contributed by atoms with E-state index in [0.29, 0.717) is 25.3 Å². The highest BCUT2D eigenvalue weighted by Crippen LogP contribution is 2.10. The molecular weight excluding hydrogens is 274 g/mol. The summed E-state index contributed by atoms with van der Waals surface area (Å²) in [5.74, 6) is 0.0279. The second-order valence-electron chi connectivity index (χ2n) is 4.87. The number of nitrogens with two attached hydrogens (primary N) is 1. The Kier molecular flexibility index (Phi) is 5.13. The molecule has 1 aromatic carbocycles. The first-order valence-electron chi connectivity index (χ1n) is 6.71. The molecule has 2 rings (SSSR count). The van der Waals surface area contributed by atoms with Crippen LogP contribution in [-0.4, -0.2) is 59.4 Å². The van der Waals surface area contributed by atoms with Gasteiger partial charge in [0.25, 0.3) is 0 Å². The monoisotopic (exact) mass is 293 g/mol. The first-order valence-corrected chi connectivity index (χ1v) is 6.71. The lowest BCUT2D eigenvalue weighted by Crippen LogP contribution is -2.47. The third kappa shape index (κ3) is 3.93. The fraction of sp³-hybridized carbons (Fsp3) is 0.429. The van der Waals surface area contributed by atoms with Crippen molar-refractivity contribution >= 4 is 11.7 Å². The van der Waals surface area contributed by atoms with Gasteiger partial charge in [0.2, 0.25) is 5.91 Å². The van der Waals surface area contributed by atoms with Crippen molar-refractivity contribution < 1.29 is 19.8 Å². The molecule has 1 aliphatic rings. The standard InChI is InChI=1S/C14H19N3O4/c15-14(16-20)11-3-1-10(2-4-11)7-13(19)17-5-6-21-12(8-17)9-18/h1-4,12,18,20H,5-9H2,(H2,15,16). The predicted molar refractivity (Wildman–Crippen MR) is 76.1 cm³/mol. The minimum absolute atomic E-state index is 0.00621. The number of carbonyl (C=O) groups is 1. The highest BCUT2D eigenvalue weighted by atomic mass is 16.5. The van der Waals surface area contributed by atoms with Crippen LogP contribution in [0.15, 0.2) is 29.4 Å². The molecule has 7 nitrogen and oxygen atoms in total. The number of aliphatic hydroxyl groups is 1. The molecule has 1 aromatic rings. The van der Waals surface area contributed by atoms with Crippen LogP contribution in [0.5, 0.6) is 0 Å². The summed E-state index contributed by atoms with van der Waals surface area (Å²) in [6.07, 6.45) is -0.0279. The number of oxime groups is 1. The number of hydrogen-bond acceptors (Lipinski definition) is 5. The van der Waals surface area contributed by atoms with Crippen molar-refractivity contribution in [2.45, 2.75) is 12.5 Å². The number of carbonyl (C=O) groups excluding carboxylic acids is 1. The minimum Gasteiger partial charge on any atom is -0.409 e. The van der Waals surface area contributed by atoms with Gasteiger partial charge in [0.1, 0.15) is 0 Å². The smallest absolute Gasteiger partial charge is 0.227 e. The van der Waals surface area contributed by atoms with E-state index in [0.717, 1.165) is 5.56 Å². The second kappa shape index (κ2) is 7.05. The molecule has 1 aliphatic heterocycles. The summed E-state index contributed by atoms with van der Waals surface area (Å²) in [6, 6.07) is 6.95. The topological polar surface area (TPSA) is 108 Å². The Morgan fingerprint density at radius 1 is 1.43 bits per heavy atom. The van der Waals surface area contributed by atoms with E-state index in [1.165, 1.54) is 0 Å². The summed E-state index contributed by atoms with van der Waals surface area (Å²) in [6.45, 7) is 1.31. The van der Waals surface area contributed by atoms with Crippen LogP contribution in [0.3, 0.4) is 0 Å². The number of benzene rings is 1. The predicted octanol–water partition coefficient (Wildman–Crippen LogP) is -0.457. The zero-order valence-corrected chi connectivity index (χ0v) is 11.6. The van der Waals surface area contributed by atoms with E-state index in [2.05, 4.69) is 5.16 Å². The van der Waals surface area contributed by atoms with Gasteiger partial charge in [-0.25, -0.2) is 0 Å². The van der Waals surface area contributed by atoms with Crippen molar-refractivity contribution in [2.24, 2.45) is 10.9 Å². The maximum Gasteiger partial charge on any atom is 0.227 e. The van der Waals surface area contributed by atoms with E-state index in [9.17, 15) is 4.79 Å². The van der Waals surface area contributed by atoms with Gasteiger partial charge in [0.05, 0.1) is 25.7 Å². The Labute approximate surface area is 122 Å². The molecular formula is C14H19N3O4. The molecule has 0 saturated carbocycles. The highest BCUT2D eigenvalue weighted by molar-refractivity contribution is 5.97. The van der Waals surface area contributed by atoms with E-state index in [4.69, 9.17) is 20.8 Å². The molecule has 1 amide bonds. The summed E-state index contributed by atoms with van der Waals surface area (Å²) >= 11 is 0. The van der Waals surface area contributed by atoms with Crippen molar-refractivity contribution in [1.29, 1.82) is 0 Å². The second-order valence-corrected chi connectivity index (χ2v) is 4.87. The largest absolute Gasteiger partial charge is 0.409 e. The molecule has 0 spiro atoms. The van der Waals surface area contributed by atoms with Gasteiger partial charge in [0.15, 0.2) is 5.84 Å². The van der Waals surface area contributed by atoms with E-state index >= 15 is 0 Å². The van der Waals surface area contributed by atoms with Crippen LogP contribution in [0.2, 0.25) is 0 Å². The Balaban J connectivity index is 1.96.